The van der Waals surface area contributed by atoms with E-state index in [-0.39, 0.29) is 19.6 Å². The molecule has 0 N–H and O–H groups in total. The summed E-state index contributed by atoms with van der Waals surface area (Å²) >= 11 is 0. The zero-order chi connectivity index (χ0) is 15.6. The molecule has 0 bridgehead atoms. The third kappa shape index (κ3) is 4.22. The van der Waals surface area contributed by atoms with Crippen LogP contribution in [0, 0.1) is 22.7 Å². The highest BCUT2D eigenvalue weighted by atomic mass is 16.5. The maximum absolute atomic E-state index is 12.2. The van der Waals surface area contributed by atoms with Crippen molar-refractivity contribution in [2.75, 3.05) is 13.2 Å². The minimum Gasteiger partial charge on any atom is -0.466 e. The van der Waals surface area contributed by atoms with E-state index in [1.54, 1.807) is 20.8 Å². The van der Waals surface area contributed by atoms with Crippen molar-refractivity contribution in [3.05, 3.63) is 0 Å². The molecule has 0 spiro atoms. The number of unbranched alkanes of at least 4 members (excludes halogenated alkanes) is 1. The Morgan fingerprint density at radius 2 is 1.75 bits per heavy atom. The first-order valence-electron chi connectivity index (χ1n) is 7.29. The summed E-state index contributed by atoms with van der Waals surface area (Å²) in [5.74, 6) is -1.88. The van der Waals surface area contributed by atoms with Crippen molar-refractivity contribution in [3.63, 3.8) is 0 Å². The number of nitrogens with zero attached hydrogens (tertiary/aromatic N) is 1. The van der Waals surface area contributed by atoms with Crippen LogP contribution >= 0.6 is 0 Å². The van der Waals surface area contributed by atoms with Gasteiger partial charge in [-0.05, 0) is 26.7 Å². The normalized spacial score (nSPS) is 14.8. The fourth-order valence-corrected chi connectivity index (χ4v) is 2.21. The Bertz CT molecular complexity index is 361. The van der Waals surface area contributed by atoms with Gasteiger partial charge in [0.05, 0.1) is 25.2 Å². The molecule has 0 aliphatic heterocycles. The number of ether oxygens (including phenoxy) is 2. The molecule has 2 unspecified atom stereocenters. The number of nitriles is 1. The van der Waals surface area contributed by atoms with Gasteiger partial charge in [0.2, 0.25) is 0 Å². The van der Waals surface area contributed by atoms with Crippen molar-refractivity contribution in [1.29, 1.82) is 5.26 Å². The van der Waals surface area contributed by atoms with Gasteiger partial charge in [0.25, 0.3) is 0 Å². The molecule has 0 aromatic heterocycles. The molecule has 0 radical (unpaired) electrons. The fraction of sp³-hybridized carbons (Fsp3) is 0.800. The zero-order valence-corrected chi connectivity index (χ0v) is 12.9. The van der Waals surface area contributed by atoms with E-state index in [0.717, 1.165) is 12.8 Å². The minimum absolute atomic E-state index is 0.186. The van der Waals surface area contributed by atoms with Gasteiger partial charge in [-0.25, -0.2) is 0 Å². The van der Waals surface area contributed by atoms with Crippen LogP contribution in [0.2, 0.25) is 0 Å². The van der Waals surface area contributed by atoms with Crippen molar-refractivity contribution < 1.29 is 19.1 Å². The summed E-state index contributed by atoms with van der Waals surface area (Å²) in [6.45, 7) is 7.52. The number of esters is 2. The van der Waals surface area contributed by atoms with E-state index in [4.69, 9.17) is 9.47 Å². The lowest BCUT2D eigenvalue weighted by Gasteiger charge is -2.30. The Hall–Kier alpha value is -1.57. The molecule has 0 saturated heterocycles. The third-order valence-electron chi connectivity index (χ3n) is 3.41. The summed E-state index contributed by atoms with van der Waals surface area (Å²) in [5, 5.41) is 9.50. The first kappa shape index (κ1) is 18.4. The molecule has 0 saturated carbocycles. The van der Waals surface area contributed by atoms with Crippen LogP contribution in [0.1, 0.15) is 53.4 Å². The fourth-order valence-electron chi connectivity index (χ4n) is 2.21. The molecule has 0 rings (SSSR count). The molecule has 0 aliphatic rings. The average Bonchev–Trinajstić information content (AvgIpc) is 2.44. The first-order valence-corrected chi connectivity index (χ1v) is 7.29. The Balaban J connectivity index is 5.45. The molecule has 0 aliphatic carbocycles. The summed E-state index contributed by atoms with van der Waals surface area (Å²) in [7, 11) is 0. The van der Waals surface area contributed by atoms with Crippen LogP contribution in [-0.4, -0.2) is 25.2 Å². The van der Waals surface area contributed by atoms with Crippen LogP contribution in [-0.2, 0) is 19.1 Å². The van der Waals surface area contributed by atoms with Gasteiger partial charge in [0, 0.05) is 0 Å². The van der Waals surface area contributed by atoms with Crippen LogP contribution in [0.3, 0.4) is 0 Å². The second-order valence-electron chi connectivity index (χ2n) is 4.60. The van der Waals surface area contributed by atoms with Crippen LogP contribution in [0.25, 0.3) is 0 Å². The highest BCUT2D eigenvalue weighted by molar-refractivity contribution is 5.87. The predicted octanol–water partition coefficient (Wildman–Crippen LogP) is 2.84. The van der Waals surface area contributed by atoms with Crippen LogP contribution < -0.4 is 0 Å². The second-order valence-corrected chi connectivity index (χ2v) is 4.60. The Labute approximate surface area is 121 Å². The summed E-state index contributed by atoms with van der Waals surface area (Å²) < 4.78 is 10.1. The van der Waals surface area contributed by atoms with Crippen molar-refractivity contribution in [2.45, 2.75) is 53.4 Å². The molecule has 5 heteroatoms. The molecule has 0 heterocycles. The quantitative estimate of drug-likeness (QED) is 0.608. The van der Waals surface area contributed by atoms with Crippen molar-refractivity contribution in [3.8, 4) is 6.07 Å². The standard InChI is InChI=1S/C15H25NO4/c1-5-9-10-12(13(17)19-7-3)15(6-2,11-16)14(18)20-8-4/h12H,5-10H2,1-4H3. The largest absolute Gasteiger partial charge is 0.466 e. The topological polar surface area (TPSA) is 76.4 Å². The Morgan fingerprint density at radius 1 is 1.15 bits per heavy atom. The Morgan fingerprint density at radius 3 is 2.15 bits per heavy atom. The molecule has 0 aromatic carbocycles. The molecule has 0 amide bonds. The maximum Gasteiger partial charge on any atom is 0.327 e. The van der Waals surface area contributed by atoms with Crippen molar-refractivity contribution >= 4 is 11.9 Å². The van der Waals surface area contributed by atoms with E-state index in [0.29, 0.717) is 6.42 Å². The number of carbonyl (C=O) groups excluding carboxylic acids is 2. The van der Waals surface area contributed by atoms with E-state index >= 15 is 0 Å². The number of carbonyl (C=O) groups is 2. The minimum atomic E-state index is -1.45. The summed E-state index contributed by atoms with van der Waals surface area (Å²) in [5.41, 5.74) is -1.45. The third-order valence-corrected chi connectivity index (χ3v) is 3.41. The summed E-state index contributed by atoms with van der Waals surface area (Å²) in [4.78, 5) is 24.3. The average molecular weight is 283 g/mol. The lowest BCUT2D eigenvalue weighted by molar-refractivity contribution is -0.166. The van der Waals surface area contributed by atoms with Gasteiger partial charge in [-0.3, -0.25) is 9.59 Å². The molecule has 114 valence electrons. The zero-order valence-electron chi connectivity index (χ0n) is 12.9. The summed E-state index contributed by atoms with van der Waals surface area (Å²) in [6, 6.07) is 2.02. The molecule has 20 heavy (non-hydrogen) atoms. The lowest BCUT2D eigenvalue weighted by atomic mass is 9.72. The van der Waals surface area contributed by atoms with E-state index in [9.17, 15) is 14.9 Å². The Kier molecular flexibility index (Phi) is 8.62. The van der Waals surface area contributed by atoms with Gasteiger partial charge >= 0.3 is 11.9 Å². The number of hydrogen-bond acceptors (Lipinski definition) is 5. The highest BCUT2D eigenvalue weighted by Gasteiger charge is 2.50. The highest BCUT2D eigenvalue weighted by Crippen LogP contribution is 2.37. The SMILES string of the molecule is CCCCC(C(=O)OCC)C(C#N)(CC)C(=O)OCC. The van der Waals surface area contributed by atoms with E-state index in [1.807, 2.05) is 13.0 Å². The van der Waals surface area contributed by atoms with Crippen molar-refractivity contribution in [1.82, 2.24) is 0 Å². The first-order chi connectivity index (χ1) is 9.53. The van der Waals surface area contributed by atoms with E-state index in [1.165, 1.54) is 0 Å². The van der Waals surface area contributed by atoms with E-state index in [2.05, 4.69) is 0 Å². The van der Waals surface area contributed by atoms with Gasteiger partial charge < -0.3 is 9.47 Å². The number of rotatable bonds is 9. The maximum atomic E-state index is 12.2. The second kappa shape index (κ2) is 9.35. The van der Waals surface area contributed by atoms with Gasteiger partial charge in [-0.1, -0.05) is 26.7 Å². The van der Waals surface area contributed by atoms with Crippen LogP contribution in [0.4, 0.5) is 0 Å². The van der Waals surface area contributed by atoms with Crippen molar-refractivity contribution in [2.24, 2.45) is 11.3 Å². The molecular weight excluding hydrogens is 258 g/mol. The van der Waals surface area contributed by atoms with E-state index < -0.39 is 23.3 Å². The molecule has 2 atom stereocenters. The monoisotopic (exact) mass is 283 g/mol. The van der Waals surface area contributed by atoms with Gasteiger partial charge in [0.1, 0.15) is 0 Å². The van der Waals surface area contributed by atoms with Crippen LogP contribution in [0.5, 0.6) is 0 Å². The summed E-state index contributed by atoms with van der Waals surface area (Å²) in [6.07, 6.45) is 2.32. The van der Waals surface area contributed by atoms with Crippen LogP contribution in [0.15, 0.2) is 0 Å². The van der Waals surface area contributed by atoms with Gasteiger partial charge in [-0.2, -0.15) is 5.26 Å². The molecular formula is C15H25NO4. The predicted molar refractivity (Wildman–Crippen MR) is 74.6 cm³/mol. The lowest BCUT2D eigenvalue weighted by Crippen LogP contribution is -2.43. The number of hydrogen-bond donors (Lipinski definition) is 0. The smallest absolute Gasteiger partial charge is 0.327 e. The molecule has 0 aromatic rings. The molecule has 5 nitrogen and oxygen atoms in total. The molecule has 0 fully saturated rings. The van der Waals surface area contributed by atoms with Gasteiger partial charge in [-0.15, -0.1) is 0 Å². The van der Waals surface area contributed by atoms with Gasteiger partial charge in [0.15, 0.2) is 5.41 Å².